The predicted molar refractivity (Wildman–Crippen MR) is 102 cm³/mol. The average Bonchev–Trinajstić information content (AvgIpc) is 2.61. The first-order valence-electron chi connectivity index (χ1n) is 8.45. The number of carbonyl (C=O) groups excluding carboxylic acids is 2. The molecule has 0 aromatic heterocycles. The van der Waals surface area contributed by atoms with Crippen LogP contribution in [0.15, 0.2) is 42.5 Å². The number of anilines is 1. The van der Waals surface area contributed by atoms with Gasteiger partial charge in [-0.05, 0) is 61.4 Å². The van der Waals surface area contributed by atoms with Crippen molar-refractivity contribution in [1.82, 2.24) is 0 Å². The lowest BCUT2D eigenvalue weighted by molar-refractivity contribution is -0.118. The highest BCUT2D eigenvalue weighted by Gasteiger charge is 2.09. The topological polar surface area (TPSA) is 64.6 Å². The van der Waals surface area contributed by atoms with Gasteiger partial charge in [-0.15, -0.1) is 0 Å². The quantitative estimate of drug-likeness (QED) is 0.540. The van der Waals surface area contributed by atoms with E-state index in [4.69, 9.17) is 21.1 Å². The van der Waals surface area contributed by atoms with Gasteiger partial charge < -0.3 is 14.8 Å². The summed E-state index contributed by atoms with van der Waals surface area (Å²) in [6.07, 6.45) is 1.81. The van der Waals surface area contributed by atoms with Gasteiger partial charge in [-0.3, -0.25) is 4.79 Å². The zero-order chi connectivity index (χ0) is 18.9. The molecule has 0 saturated heterocycles. The fourth-order valence-electron chi connectivity index (χ4n) is 2.20. The molecule has 1 N–H and O–H groups in total. The molecule has 26 heavy (non-hydrogen) atoms. The van der Waals surface area contributed by atoms with Crippen LogP contribution in [0.4, 0.5) is 5.69 Å². The van der Waals surface area contributed by atoms with Crippen LogP contribution in [-0.4, -0.2) is 25.1 Å². The highest BCUT2D eigenvalue weighted by Crippen LogP contribution is 2.21. The molecular formula is C20H22ClNO4. The van der Waals surface area contributed by atoms with E-state index in [0.717, 1.165) is 18.4 Å². The van der Waals surface area contributed by atoms with Crippen molar-refractivity contribution in [3.05, 3.63) is 58.6 Å². The first kappa shape index (κ1) is 19.8. The maximum absolute atomic E-state index is 12.0. The van der Waals surface area contributed by atoms with Gasteiger partial charge in [0.2, 0.25) is 0 Å². The number of hydrogen-bond acceptors (Lipinski definition) is 4. The summed E-state index contributed by atoms with van der Waals surface area (Å²) in [6.45, 7) is 4.18. The normalized spacial score (nSPS) is 10.3. The van der Waals surface area contributed by atoms with E-state index < -0.39 is 0 Å². The zero-order valence-corrected chi connectivity index (χ0v) is 15.6. The van der Waals surface area contributed by atoms with Crippen molar-refractivity contribution in [2.24, 2.45) is 0 Å². The van der Waals surface area contributed by atoms with Crippen LogP contribution in [0.5, 0.6) is 5.75 Å². The molecule has 2 rings (SSSR count). The third-order valence-corrected chi connectivity index (χ3v) is 3.87. The lowest BCUT2D eigenvalue weighted by Crippen LogP contribution is -2.20. The molecule has 0 aliphatic carbocycles. The van der Waals surface area contributed by atoms with E-state index in [9.17, 15) is 9.59 Å². The minimum absolute atomic E-state index is 0.122. The van der Waals surface area contributed by atoms with Crippen LogP contribution in [-0.2, 0) is 9.53 Å². The molecule has 0 unspecified atom stereocenters. The Hall–Kier alpha value is -2.53. The maximum Gasteiger partial charge on any atom is 0.338 e. The van der Waals surface area contributed by atoms with Gasteiger partial charge in [-0.1, -0.05) is 24.9 Å². The van der Waals surface area contributed by atoms with Gasteiger partial charge in [0.25, 0.3) is 5.91 Å². The molecule has 138 valence electrons. The Bertz CT molecular complexity index is 759. The van der Waals surface area contributed by atoms with Crippen LogP contribution in [0.2, 0.25) is 5.02 Å². The minimum atomic E-state index is -0.363. The van der Waals surface area contributed by atoms with Crippen LogP contribution in [0.3, 0.4) is 0 Å². The van der Waals surface area contributed by atoms with Crippen molar-refractivity contribution in [1.29, 1.82) is 0 Å². The molecule has 0 fully saturated rings. The van der Waals surface area contributed by atoms with Gasteiger partial charge in [0.1, 0.15) is 5.75 Å². The zero-order valence-electron chi connectivity index (χ0n) is 14.9. The molecule has 0 heterocycles. The maximum atomic E-state index is 12.0. The van der Waals surface area contributed by atoms with Crippen molar-refractivity contribution in [2.45, 2.75) is 26.7 Å². The van der Waals surface area contributed by atoms with E-state index in [-0.39, 0.29) is 18.5 Å². The fourth-order valence-corrected chi connectivity index (χ4v) is 2.42. The van der Waals surface area contributed by atoms with E-state index in [0.29, 0.717) is 28.6 Å². The van der Waals surface area contributed by atoms with E-state index in [1.165, 1.54) is 0 Å². The number of carbonyl (C=O) groups is 2. The van der Waals surface area contributed by atoms with Crippen LogP contribution in [0, 0.1) is 6.92 Å². The van der Waals surface area contributed by atoms with Gasteiger partial charge in [0.05, 0.1) is 12.2 Å². The summed E-state index contributed by atoms with van der Waals surface area (Å²) in [5.41, 5.74) is 1.89. The summed E-state index contributed by atoms with van der Waals surface area (Å²) in [7, 11) is 0. The molecule has 0 aliphatic rings. The molecule has 0 radical (unpaired) electrons. The molecule has 6 heteroatoms. The number of hydrogen-bond donors (Lipinski definition) is 1. The van der Waals surface area contributed by atoms with Gasteiger partial charge in [0, 0.05) is 10.7 Å². The van der Waals surface area contributed by atoms with Crippen LogP contribution >= 0.6 is 11.6 Å². The Balaban J connectivity index is 1.84. The van der Waals surface area contributed by atoms with Crippen molar-refractivity contribution in [2.75, 3.05) is 18.5 Å². The van der Waals surface area contributed by atoms with Crippen molar-refractivity contribution in [3.8, 4) is 5.75 Å². The van der Waals surface area contributed by atoms with Crippen molar-refractivity contribution < 1.29 is 19.1 Å². The number of nitrogens with one attached hydrogen (secondary N) is 1. The lowest BCUT2D eigenvalue weighted by Gasteiger charge is -2.10. The Morgan fingerprint density at radius 3 is 2.50 bits per heavy atom. The molecule has 2 aromatic carbocycles. The van der Waals surface area contributed by atoms with Crippen LogP contribution in [0.25, 0.3) is 0 Å². The van der Waals surface area contributed by atoms with Gasteiger partial charge in [-0.2, -0.15) is 0 Å². The summed E-state index contributed by atoms with van der Waals surface area (Å²) >= 11 is 5.89. The molecule has 0 bridgehead atoms. The van der Waals surface area contributed by atoms with E-state index >= 15 is 0 Å². The molecular weight excluding hydrogens is 354 g/mol. The van der Waals surface area contributed by atoms with Gasteiger partial charge >= 0.3 is 5.97 Å². The van der Waals surface area contributed by atoms with Crippen molar-refractivity contribution >= 4 is 29.2 Å². The van der Waals surface area contributed by atoms with Crippen molar-refractivity contribution in [3.63, 3.8) is 0 Å². The number of benzene rings is 2. The molecule has 1 amide bonds. The van der Waals surface area contributed by atoms with Crippen LogP contribution < -0.4 is 10.1 Å². The summed E-state index contributed by atoms with van der Waals surface area (Å²) < 4.78 is 10.6. The fraction of sp³-hybridized carbons (Fsp3) is 0.300. The van der Waals surface area contributed by atoms with E-state index in [1.54, 1.807) is 42.5 Å². The second-order valence-electron chi connectivity index (χ2n) is 5.81. The lowest BCUT2D eigenvalue weighted by atomic mass is 10.2. The number of halogens is 1. The number of aryl methyl sites for hydroxylation is 1. The smallest absolute Gasteiger partial charge is 0.338 e. The highest BCUT2D eigenvalue weighted by atomic mass is 35.5. The number of unbranched alkanes of at least 4 members (excludes halogenated alkanes) is 1. The molecule has 2 aromatic rings. The first-order chi connectivity index (χ1) is 12.5. The second kappa shape index (κ2) is 9.82. The van der Waals surface area contributed by atoms with E-state index in [2.05, 4.69) is 5.32 Å². The number of esters is 1. The van der Waals surface area contributed by atoms with Gasteiger partial charge in [-0.25, -0.2) is 4.79 Å². The number of amides is 1. The molecule has 5 nitrogen and oxygen atoms in total. The molecule has 0 spiro atoms. The summed E-state index contributed by atoms with van der Waals surface area (Å²) in [6, 6.07) is 11.8. The SMILES string of the molecule is CCCCOC(=O)c1ccc(NC(=O)COc2ccc(Cl)cc2C)cc1. The Labute approximate surface area is 158 Å². The Kier molecular flexibility index (Phi) is 7.48. The second-order valence-corrected chi connectivity index (χ2v) is 6.25. The Morgan fingerprint density at radius 2 is 1.85 bits per heavy atom. The van der Waals surface area contributed by atoms with Crippen LogP contribution in [0.1, 0.15) is 35.7 Å². The van der Waals surface area contributed by atoms with E-state index in [1.807, 2.05) is 13.8 Å². The standard InChI is InChI=1S/C20H22ClNO4/c1-3-4-11-25-20(24)15-5-8-17(9-6-15)22-19(23)13-26-18-10-7-16(21)12-14(18)2/h5-10,12H,3-4,11,13H2,1-2H3,(H,22,23). The largest absolute Gasteiger partial charge is 0.483 e. The minimum Gasteiger partial charge on any atom is -0.483 e. The molecule has 0 atom stereocenters. The first-order valence-corrected chi connectivity index (χ1v) is 8.83. The monoisotopic (exact) mass is 375 g/mol. The molecule has 0 saturated carbocycles. The predicted octanol–water partition coefficient (Wildman–Crippen LogP) is 4.62. The third kappa shape index (κ3) is 6.08. The third-order valence-electron chi connectivity index (χ3n) is 3.63. The number of rotatable bonds is 8. The number of ether oxygens (including phenoxy) is 2. The van der Waals surface area contributed by atoms with Gasteiger partial charge in [0.15, 0.2) is 6.61 Å². The average molecular weight is 376 g/mol. The summed E-state index contributed by atoms with van der Waals surface area (Å²) in [5, 5.41) is 3.34. The molecule has 0 aliphatic heterocycles. The summed E-state index contributed by atoms with van der Waals surface area (Å²) in [4.78, 5) is 23.8. The Morgan fingerprint density at radius 1 is 1.12 bits per heavy atom. The summed E-state index contributed by atoms with van der Waals surface area (Å²) in [5.74, 6) is -0.0507. The highest BCUT2D eigenvalue weighted by molar-refractivity contribution is 6.30.